The Morgan fingerprint density at radius 3 is 2.62 bits per heavy atom. The standard InChI is InChI=1S/C19H18N2O7S/c1-11-20-14-6-5-13(10-15(14)28-11)21-29(24,25)17-9-12(4-7-18(22)23)8-16(26-2)19(17)27-3/h4-10,21H,1-3H3,(H,22,23). The van der Waals surface area contributed by atoms with Gasteiger partial charge in [0.05, 0.1) is 19.9 Å². The molecule has 0 fully saturated rings. The molecule has 3 rings (SSSR count). The number of hydrogen-bond acceptors (Lipinski definition) is 7. The Labute approximate surface area is 166 Å². The summed E-state index contributed by atoms with van der Waals surface area (Å²) in [6, 6.07) is 7.47. The minimum atomic E-state index is -4.11. The number of carboxylic acids is 1. The number of aryl methyl sites for hydroxylation is 1. The lowest BCUT2D eigenvalue weighted by molar-refractivity contribution is -0.131. The number of hydrogen-bond donors (Lipinski definition) is 2. The first-order valence-electron chi connectivity index (χ1n) is 8.30. The Bertz CT molecular complexity index is 1210. The number of ether oxygens (including phenoxy) is 2. The van der Waals surface area contributed by atoms with Crippen molar-refractivity contribution in [3.05, 3.63) is 47.9 Å². The highest BCUT2D eigenvalue weighted by Gasteiger charge is 2.24. The van der Waals surface area contributed by atoms with Crippen LogP contribution in [0, 0.1) is 6.92 Å². The second-order valence-corrected chi connectivity index (χ2v) is 7.60. The van der Waals surface area contributed by atoms with Crippen molar-refractivity contribution >= 4 is 38.9 Å². The molecule has 0 bridgehead atoms. The molecular formula is C19H18N2O7S. The Kier molecular flexibility index (Phi) is 5.46. The Balaban J connectivity index is 2.07. The van der Waals surface area contributed by atoms with Crippen LogP contribution in [0.5, 0.6) is 11.5 Å². The number of aliphatic carboxylic acids is 1. The lowest BCUT2D eigenvalue weighted by Gasteiger charge is -2.15. The van der Waals surface area contributed by atoms with E-state index in [1.54, 1.807) is 19.1 Å². The third-order valence-corrected chi connectivity index (χ3v) is 5.31. The largest absolute Gasteiger partial charge is 0.493 e. The maximum Gasteiger partial charge on any atom is 0.328 e. The summed E-state index contributed by atoms with van der Waals surface area (Å²) in [4.78, 5) is 14.8. The van der Waals surface area contributed by atoms with Gasteiger partial charge in [-0.25, -0.2) is 18.2 Å². The number of fused-ring (bicyclic) bond motifs is 1. The first-order valence-corrected chi connectivity index (χ1v) is 9.79. The lowest BCUT2D eigenvalue weighted by atomic mass is 10.2. The smallest absolute Gasteiger partial charge is 0.328 e. The predicted octanol–water partition coefficient (Wildman–Crippen LogP) is 3.05. The first kappa shape index (κ1) is 20.2. The van der Waals surface area contributed by atoms with Crippen molar-refractivity contribution in [2.45, 2.75) is 11.8 Å². The molecule has 10 heteroatoms. The number of oxazole rings is 1. The highest BCUT2D eigenvalue weighted by Crippen LogP contribution is 2.37. The molecule has 0 saturated carbocycles. The van der Waals surface area contributed by atoms with Crippen LogP contribution < -0.4 is 14.2 Å². The van der Waals surface area contributed by atoms with Crippen LogP contribution in [0.4, 0.5) is 5.69 Å². The average molecular weight is 418 g/mol. The molecule has 1 aromatic heterocycles. The molecule has 2 N–H and O–H groups in total. The fourth-order valence-corrected chi connectivity index (χ4v) is 3.99. The SMILES string of the molecule is COc1cc(C=CC(=O)O)cc(S(=O)(=O)Nc2ccc3nc(C)oc3c2)c1OC. The van der Waals surface area contributed by atoms with Crippen molar-refractivity contribution in [3.8, 4) is 11.5 Å². The predicted molar refractivity (Wildman–Crippen MR) is 106 cm³/mol. The lowest BCUT2D eigenvalue weighted by Crippen LogP contribution is -2.14. The van der Waals surface area contributed by atoms with Gasteiger partial charge < -0.3 is 19.0 Å². The summed E-state index contributed by atoms with van der Waals surface area (Å²) in [5.41, 5.74) is 1.61. The number of carboxylic acid groups (broad SMARTS) is 1. The molecule has 0 aliphatic heterocycles. The maximum atomic E-state index is 13.0. The Morgan fingerprint density at radius 2 is 1.97 bits per heavy atom. The zero-order valence-electron chi connectivity index (χ0n) is 15.8. The van der Waals surface area contributed by atoms with Crippen LogP contribution in [0.1, 0.15) is 11.5 Å². The number of anilines is 1. The first-order chi connectivity index (χ1) is 13.7. The number of methoxy groups -OCH3 is 2. The molecule has 0 aliphatic carbocycles. The molecule has 0 saturated heterocycles. The van der Waals surface area contributed by atoms with E-state index in [4.69, 9.17) is 19.0 Å². The van der Waals surface area contributed by atoms with E-state index in [0.717, 1.165) is 6.08 Å². The van der Waals surface area contributed by atoms with Crippen molar-refractivity contribution in [2.24, 2.45) is 0 Å². The zero-order chi connectivity index (χ0) is 21.2. The Hall–Kier alpha value is -3.53. The van der Waals surface area contributed by atoms with Gasteiger partial charge in [0.1, 0.15) is 10.4 Å². The van der Waals surface area contributed by atoms with E-state index in [-0.39, 0.29) is 22.1 Å². The fraction of sp³-hybridized carbons (Fsp3) is 0.158. The van der Waals surface area contributed by atoms with Gasteiger partial charge in [0, 0.05) is 19.1 Å². The molecule has 0 amide bonds. The maximum absolute atomic E-state index is 13.0. The highest BCUT2D eigenvalue weighted by molar-refractivity contribution is 7.92. The van der Waals surface area contributed by atoms with Gasteiger partial charge in [0.2, 0.25) is 0 Å². The summed E-state index contributed by atoms with van der Waals surface area (Å²) in [5, 5.41) is 8.83. The van der Waals surface area contributed by atoms with Crippen LogP contribution >= 0.6 is 0 Å². The van der Waals surface area contributed by atoms with Gasteiger partial charge in [0.15, 0.2) is 23.0 Å². The van der Waals surface area contributed by atoms with E-state index in [1.807, 2.05) is 0 Å². The van der Waals surface area contributed by atoms with E-state index < -0.39 is 16.0 Å². The number of rotatable bonds is 7. The number of nitrogens with zero attached hydrogens (tertiary/aromatic N) is 1. The van der Waals surface area contributed by atoms with Crippen LogP contribution in [0.2, 0.25) is 0 Å². The Morgan fingerprint density at radius 1 is 1.21 bits per heavy atom. The minimum Gasteiger partial charge on any atom is -0.493 e. The van der Waals surface area contributed by atoms with Crippen molar-refractivity contribution < 1.29 is 32.2 Å². The normalized spacial score (nSPS) is 11.7. The van der Waals surface area contributed by atoms with Gasteiger partial charge >= 0.3 is 5.97 Å². The van der Waals surface area contributed by atoms with Crippen LogP contribution in [-0.2, 0) is 14.8 Å². The summed E-state index contributed by atoms with van der Waals surface area (Å²) in [6.45, 7) is 1.69. The van der Waals surface area contributed by atoms with Crippen LogP contribution in [0.15, 0.2) is 45.7 Å². The van der Waals surface area contributed by atoms with Gasteiger partial charge in [-0.1, -0.05) is 0 Å². The third kappa shape index (κ3) is 4.32. The van der Waals surface area contributed by atoms with E-state index in [0.29, 0.717) is 22.6 Å². The number of benzene rings is 2. The van der Waals surface area contributed by atoms with E-state index >= 15 is 0 Å². The van der Waals surface area contributed by atoms with E-state index in [9.17, 15) is 13.2 Å². The zero-order valence-corrected chi connectivity index (χ0v) is 16.6. The number of aromatic nitrogens is 1. The topological polar surface area (TPSA) is 128 Å². The molecule has 3 aromatic rings. The molecule has 0 spiro atoms. The molecule has 0 radical (unpaired) electrons. The summed E-state index contributed by atoms with van der Waals surface area (Å²) < 4.78 is 44.4. The molecule has 29 heavy (non-hydrogen) atoms. The minimum absolute atomic E-state index is 0.0101. The van der Waals surface area contributed by atoms with Crippen molar-refractivity contribution in [3.63, 3.8) is 0 Å². The summed E-state index contributed by atoms with van der Waals surface area (Å²) in [5.74, 6) is -0.576. The fourth-order valence-electron chi connectivity index (χ4n) is 2.73. The van der Waals surface area contributed by atoms with Gasteiger partial charge in [-0.05, 0) is 35.9 Å². The van der Waals surface area contributed by atoms with Crippen LogP contribution in [0.25, 0.3) is 17.2 Å². The average Bonchev–Trinajstić information content (AvgIpc) is 3.04. The number of carbonyl (C=O) groups is 1. The second-order valence-electron chi connectivity index (χ2n) is 5.95. The summed E-state index contributed by atoms with van der Waals surface area (Å²) >= 11 is 0. The monoisotopic (exact) mass is 418 g/mol. The van der Waals surface area contributed by atoms with Crippen molar-refractivity contribution in [2.75, 3.05) is 18.9 Å². The van der Waals surface area contributed by atoms with Crippen LogP contribution in [-0.4, -0.2) is 38.7 Å². The molecule has 0 unspecified atom stereocenters. The molecular weight excluding hydrogens is 400 g/mol. The van der Waals surface area contributed by atoms with E-state index in [2.05, 4.69) is 9.71 Å². The van der Waals surface area contributed by atoms with Gasteiger partial charge in [0.25, 0.3) is 10.0 Å². The van der Waals surface area contributed by atoms with Gasteiger partial charge in [-0.15, -0.1) is 0 Å². The summed E-state index contributed by atoms with van der Waals surface area (Å²) in [7, 11) is -1.44. The highest BCUT2D eigenvalue weighted by atomic mass is 32.2. The molecule has 1 heterocycles. The molecule has 152 valence electrons. The second kappa shape index (κ2) is 7.84. The summed E-state index contributed by atoms with van der Waals surface area (Å²) in [6.07, 6.45) is 2.15. The van der Waals surface area contributed by atoms with Crippen molar-refractivity contribution in [1.82, 2.24) is 4.98 Å². The number of nitrogens with one attached hydrogen (secondary N) is 1. The van der Waals surface area contributed by atoms with Crippen LogP contribution in [0.3, 0.4) is 0 Å². The van der Waals surface area contributed by atoms with Gasteiger partial charge in [-0.2, -0.15) is 0 Å². The van der Waals surface area contributed by atoms with Gasteiger partial charge in [-0.3, -0.25) is 4.72 Å². The van der Waals surface area contributed by atoms with Crippen molar-refractivity contribution in [1.29, 1.82) is 0 Å². The molecule has 9 nitrogen and oxygen atoms in total. The number of sulfonamides is 1. The quantitative estimate of drug-likeness (QED) is 0.560. The molecule has 2 aromatic carbocycles. The molecule has 0 aliphatic rings. The molecule has 0 atom stereocenters. The van der Waals surface area contributed by atoms with E-state index in [1.165, 1.54) is 38.5 Å². The third-order valence-electron chi connectivity index (χ3n) is 3.92.